The third kappa shape index (κ3) is 3.18. The zero-order chi connectivity index (χ0) is 17.1. The standard InChI is InChI=1S/C19H21N3O2/c1-13-17(14(2)24-21-13)8-9-19(23)22-11-16(10-20)18(12-22)15-6-4-3-5-7-15/h3-7,16,18H,8-9,11-12H2,1-2H3/t16-,18+/m1/s1. The average molecular weight is 323 g/mol. The topological polar surface area (TPSA) is 70.1 Å². The molecule has 1 aromatic heterocycles. The molecule has 5 heteroatoms. The van der Waals surface area contributed by atoms with E-state index in [1.54, 1.807) is 0 Å². The van der Waals surface area contributed by atoms with E-state index < -0.39 is 0 Å². The summed E-state index contributed by atoms with van der Waals surface area (Å²) in [7, 11) is 0. The molecule has 1 fully saturated rings. The first-order chi connectivity index (χ1) is 11.6. The molecule has 0 aliphatic carbocycles. The van der Waals surface area contributed by atoms with Gasteiger partial charge in [0.2, 0.25) is 5.91 Å². The van der Waals surface area contributed by atoms with Crippen LogP contribution in [0.3, 0.4) is 0 Å². The first kappa shape index (κ1) is 16.3. The van der Waals surface area contributed by atoms with Crippen molar-refractivity contribution in [2.75, 3.05) is 13.1 Å². The van der Waals surface area contributed by atoms with Gasteiger partial charge in [0, 0.05) is 31.0 Å². The molecule has 124 valence electrons. The van der Waals surface area contributed by atoms with Gasteiger partial charge in [-0.05, 0) is 25.8 Å². The number of hydrogen-bond acceptors (Lipinski definition) is 4. The molecule has 2 heterocycles. The highest BCUT2D eigenvalue weighted by Crippen LogP contribution is 2.32. The van der Waals surface area contributed by atoms with E-state index in [0.717, 1.165) is 22.6 Å². The summed E-state index contributed by atoms with van der Waals surface area (Å²) < 4.78 is 5.14. The number of hydrogen-bond donors (Lipinski definition) is 0. The minimum atomic E-state index is -0.143. The lowest BCUT2D eigenvalue weighted by Crippen LogP contribution is -2.29. The summed E-state index contributed by atoms with van der Waals surface area (Å²) in [5.74, 6) is 0.821. The molecule has 0 saturated carbocycles. The summed E-state index contributed by atoms with van der Waals surface area (Å²) >= 11 is 0. The van der Waals surface area contributed by atoms with Gasteiger partial charge in [0.1, 0.15) is 5.76 Å². The molecule has 1 amide bonds. The van der Waals surface area contributed by atoms with E-state index in [1.165, 1.54) is 0 Å². The van der Waals surface area contributed by atoms with Crippen molar-refractivity contribution in [2.24, 2.45) is 5.92 Å². The van der Waals surface area contributed by atoms with Crippen LogP contribution in [0.25, 0.3) is 0 Å². The second kappa shape index (κ2) is 6.88. The number of nitrogens with zero attached hydrogens (tertiary/aromatic N) is 3. The van der Waals surface area contributed by atoms with Gasteiger partial charge in [-0.2, -0.15) is 5.26 Å². The number of likely N-dealkylation sites (tertiary alicyclic amines) is 1. The summed E-state index contributed by atoms with van der Waals surface area (Å²) in [5.41, 5.74) is 2.99. The average Bonchev–Trinajstić information content (AvgIpc) is 3.17. The highest BCUT2D eigenvalue weighted by Gasteiger charge is 2.36. The number of benzene rings is 1. The Morgan fingerprint density at radius 3 is 2.71 bits per heavy atom. The van der Waals surface area contributed by atoms with Crippen LogP contribution in [0.5, 0.6) is 0 Å². The van der Waals surface area contributed by atoms with Gasteiger partial charge in [-0.15, -0.1) is 0 Å². The zero-order valence-electron chi connectivity index (χ0n) is 14.0. The largest absolute Gasteiger partial charge is 0.361 e. The van der Waals surface area contributed by atoms with Crippen LogP contribution in [0.15, 0.2) is 34.9 Å². The van der Waals surface area contributed by atoms with E-state index in [2.05, 4.69) is 11.2 Å². The maximum Gasteiger partial charge on any atom is 0.222 e. The number of amides is 1. The monoisotopic (exact) mass is 323 g/mol. The normalized spacial score (nSPS) is 20.1. The predicted molar refractivity (Wildman–Crippen MR) is 89.2 cm³/mol. The van der Waals surface area contributed by atoms with Gasteiger partial charge in [-0.1, -0.05) is 35.5 Å². The first-order valence-electron chi connectivity index (χ1n) is 8.24. The fourth-order valence-corrected chi connectivity index (χ4v) is 3.43. The molecule has 5 nitrogen and oxygen atoms in total. The number of rotatable bonds is 4. The van der Waals surface area contributed by atoms with Crippen LogP contribution in [-0.2, 0) is 11.2 Å². The molecule has 2 aromatic rings. The molecule has 24 heavy (non-hydrogen) atoms. The maximum atomic E-state index is 12.6. The van der Waals surface area contributed by atoms with E-state index in [9.17, 15) is 10.1 Å². The van der Waals surface area contributed by atoms with E-state index in [-0.39, 0.29) is 17.7 Å². The fourth-order valence-electron chi connectivity index (χ4n) is 3.43. The number of aryl methyl sites for hydroxylation is 2. The second-order valence-electron chi connectivity index (χ2n) is 6.35. The number of carbonyl (C=O) groups excluding carboxylic acids is 1. The Hall–Kier alpha value is -2.61. The van der Waals surface area contributed by atoms with Crippen LogP contribution in [-0.4, -0.2) is 29.1 Å². The highest BCUT2D eigenvalue weighted by atomic mass is 16.5. The number of nitriles is 1. The van der Waals surface area contributed by atoms with Crippen LogP contribution in [0.4, 0.5) is 0 Å². The zero-order valence-corrected chi connectivity index (χ0v) is 14.0. The van der Waals surface area contributed by atoms with Crippen LogP contribution >= 0.6 is 0 Å². The molecule has 0 radical (unpaired) electrons. The van der Waals surface area contributed by atoms with Gasteiger partial charge in [0.15, 0.2) is 0 Å². The minimum Gasteiger partial charge on any atom is -0.361 e. The quantitative estimate of drug-likeness (QED) is 0.867. The van der Waals surface area contributed by atoms with Crippen LogP contribution in [0, 0.1) is 31.1 Å². The van der Waals surface area contributed by atoms with E-state index >= 15 is 0 Å². The summed E-state index contributed by atoms with van der Waals surface area (Å²) in [6, 6.07) is 12.4. The fraction of sp³-hybridized carbons (Fsp3) is 0.421. The molecule has 0 unspecified atom stereocenters. The van der Waals surface area contributed by atoms with Crippen molar-refractivity contribution in [3.05, 3.63) is 52.9 Å². The van der Waals surface area contributed by atoms with Gasteiger partial charge in [-0.3, -0.25) is 4.79 Å². The SMILES string of the molecule is Cc1noc(C)c1CCC(=O)N1C[C@@H](C#N)[C@H](c2ccccc2)C1. The Bertz CT molecular complexity index is 741. The molecule has 1 saturated heterocycles. The van der Waals surface area contributed by atoms with Crippen molar-refractivity contribution in [1.82, 2.24) is 10.1 Å². The van der Waals surface area contributed by atoms with Gasteiger partial charge in [0.25, 0.3) is 0 Å². The van der Waals surface area contributed by atoms with Crippen molar-refractivity contribution in [3.63, 3.8) is 0 Å². The van der Waals surface area contributed by atoms with Crippen molar-refractivity contribution in [3.8, 4) is 6.07 Å². The predicted octanol–water partition coefficient (Wildman–Crippen LogP) is 2.99. The Balaban J connectivity index is 1.65. The third-order valence-corrected chi connectivity index (χ3v) is 4.84. The summed E-state index contributed by atoms with van der Waals surface area (Å²) in [6.07, 6.45) is 1.05. The molecule has 1 aliphatic heterocycles. The Labute approximate surface area is 141 Å². The smallest absolute Gasteiger partial charge is 0.222 e. The van der Waals surface area contributed by atoms with Crippen molar-refractivity contribution in [1.29, 1.82) is 5.26 Å². The molecule has 3 rings (SSSR count). The maximum absolute atomic E-state index is 12.6. The van der Waals surface area contributed by atoms with Crippen LogP contribution < -0.4 is 0 Å². The molecule has 0 N–H and O–H groups in total. The van der Waals surface area contributed by atoms with Crippen molar-refractivity contribution in [2.45, 2.75) is 32.6 Å². The number of carbonyl (C=O) groups is 1. The third-order valence-electron chi connectivity index (χ3n) is 4.84. The molecule has 1 aliphatic rings. The lowest BCUT2D eigenvalue weighted by atomic mass is 9.90. The summed E-state index contributed by atoms with van der Waals surface area (Å²) in [5, 5.41) is 13.4. The first-order valence-corrected chi connectivity index (χ1v) is 8.24. The van der Waals surface area contributed by atoms with Crippen molar-refractivity contribution >= 4 is 5.91 Å². The lowest BCUT2D eigenvalue weighted by Gasteiger charge is -2.16. The molecule has 1 aromatic carbocycles. The minimum absolute atomic E-state index is 0.0914. The van der Waals surface area contributed by atoms with Crippen LogP contribution in [0.2, 0.25) is 0 Å². The molecular weight excluding hydrogens is 302 g/mol. The Morgan fingerprint density at radius 1 is 1.33 bits per heavy atom. The van der Waals surface area contributed by atoms with Crippen LogP contribution in [0.1, 0.15) is 34.9 Å². The molecule has 0 bridgehead atoms. The molecule has 0 spiro atoms. The van der Waals surface area contributed by atoms with E-state index in [0.29, 0.717) is 25.9 Å². The van der Waals surface area contributed by atoms with E-state index in [1.807, 2.05) is 49.1 Å². The summed E-state index contributed by atoms with van der Waals surface area (Å²) in [6.45, 7) is 4.88. The Kier molecular flexibility index (Phi) is 4.66. The van der Waals surface area contributed by atoms with Crippen molar-refractivity contribution < 1.29 is 9.32 Å². The number of aromatic nitrogens is 1. The highest BCUT2D eigenvalue weighted by molar-refractivity contribution is 5.77. The molecular formula is C19H21N3O2. The van der Waals surface area contributed by atoms with Gasteiger partial charge in [0.05, 0.1) is 17.7 Å². The van der Waals surface area contributed by atoms with Gasteiger partial charge < -0.3 is 9.42 Å². The Morgan fingerprint density at radius 2 is 2.08 bits per heavy atom. The molecule has 2 atom stereocenters. The summed E-state index contributed by atoms with van der Waals surface area (Å²) in [4.78, 5) is 14.4. The van der Waals surface area contributed by atoms with E-state index in [4.69, 9.17) is 4.52 Å². The second-order valence-corrected chi connectivity index (χ2v) is 6.35. The van der Waals surface area contributed by atoms with Gasteiger partial charge >= 0.3 is 0 Å². The van der Waals surface area contributed by atoms with Gasteiger partial charge in [-0.25, -0.2) is 0 Å². The lowest BCUT2D eigenvalue weighted by molar-refractivity contribution is -0.130.